The van der Waals surface area contributed by atoms with Gasteiger partial charge in [0, 0.05) is 18.6 Å². The Morgan fingerprint density at radius 3 is 2.58 bits per heavy atom. The first-order valence-corrected chi connectivity index (χ1v) is 5.17. The van der Waals surface area contributed by atoms with Gasteiger partial charge in [0.2, 0.25) is 0 Å². The minimum absolute atomic E-state index is 0.331. The zero-order valence-corrected chi connectivity index (χ0v) is 8.14. The van der Waals surface area contributed by atoms with Crippen LogP contribution in [0.2, 0.25) is 0 Å². The molecule has 2 aliphatic carbocycles. The largest absolute Gasteiger partial charge is 0.326 e. The van der Waals surface area contributed by atoms with Crippen molar-refractivity contribution in [3.63, 3.8) is 0 Å². The molecule has 0 unspecified atom stereocenters. The first-order chi connectivity index (χ1) is 5.68. The van der Waals surface area contributed by atoms with Crippen LogP contribution in [0.15, 0.2) is 0 Å². The summed E-state index contributed by atoms with van der Waals surface area (Å²) in [5, 5.41) is 3.55. The summed E-state index contributed by atoms with van der Waals surface area (Å²) in [4.78, 5) is 0. The van der Waals surface area contributed by atoms with Crippen molar-refractivity contribution in [2.24, 2.45) is 17.1 Å². The Morgan fingerprint density at radius 2 is 2.17 bits per heavy atom. The van der Waals surface area contributed by atoms with Gasteiger partial charge in [-0.15, -0.1) is 0 Å². The monoisotopic (exact) mass is 168 g/mol. The number of hydrogen-bond acceptors (Lipinski definition) is 2. The number of fused-ring (bicyclic) bond motifs is 1. The molecule has 0 saturated heterocycles. The second-order valence-corrected chi connectivity index (χ2v) is 4.71. The molecule has 2 nitrogen and oxygen atoms in total. The third kappa shape index (κ3) is 1.38. The minimum Gasteiger partial charge on any atom is -0.326 e. The van der Waals surface area contributed by atoms with Crippen LogP contribution in [-0.2, 0) is 0 Å². The SMILES string of the molecule is CC[C@H](N)[C@H](C)NCC12CC1C2. The standard InChI is InChI=1S/C10H20N2/c1-3-9(11)7(2)12-6-10-4-8(10)5-10/h7-9,12H,3-6,11H2,1-2H3/t7-,8?,9-,10?/m0/s1. The number of nitrogens with two attached hydrogens (primary N) is 1. The fourth-order valence-corrected chi connectivity index (χ4v) is 1.96. The first kappa shape index (κ1) is 8.52. The lowest BCUT2D eigenvalue weighted by Crippen LogP contribution is -2.43. The average Bonchev–Trinajstić information content (AvgIpc) is 2.86. The molecule has 2 saturated carbocycles. The maximum absolute atomic E-state index is 5.92. The van der Waals surface area contributed by atoms with Crippen LogP contribution in [0.25, 0.3) is 0 Å². The predicted octanol–water partition coefficient (Wildman–Crippen LogP) is 1.11. The van der Waals surface area contributed by atoms with E-state index in [-0.39, 0.29) is 0 Å². The highest BCUT2D eigenvalue weighted by molar-refractivity contribution is 5.19. The van der Waals surface area contributed by atoms with Gasteiger partial charge < -0.3 is 11.1 Å². The molecule has 0 spiro atoms. The number of hydrogen-bond donors (Lipinski definition) is 2. The summed E-state index contributed by atoms with van der Waals surface area (Å²) in [5.74, 6) is 1.09. The Balaban J connectivity index is 1.65. The van der Waals surface area contributed by atoms with Gasteiger partial charge in [0.15, 0.2) is 0 Å². The highest BCUT2D eigenvalue weighted by Gasteiger charge is 2.68. The summed E-state index contributed by atoms with van der Waals surface area (Å²) in [6.07, 6.45) is 4.03. The van der Waals surface area contributed by atoms with Crippen molar-refractivity contribution in [1.82, 2.24) is 5.32 Å². The molecule has 0 bridgehead atoms. The van der Waals surface area contributed by atoms with Gasteiger partial charge in [0.1, 0.15) is 0 Å². The Morgan fingerprint density at radius 1 is 1.58 bits per heavy atom. The summed E-state index contributed by atoms with van der Waals surface area (Å²) in [7, 11) is 0. The summed E-state index contributed by atoms with van der Waals surface area (Å²) < 4.78 is 0. The molecule has 2 fully saturated rings. The zero-order chi connectivity index (χ0) is 8.77. The third-order valence-electron chi connectivity index (χ3n) is 3.74. The third-order valence-corrected chi connectivity index (χ3v) is 3.74. The Labute approximate surface area is 74.9 Å². The molecule has 2 rings (SSSR count). The Hall–Kier alpha value is -0.0800. The maximum atomic E-state index is 5.92. The molecule has 0 aromatic carbocycles. The molecule has 0 aromatic rings. The summed E-state index contributed by atoms with van der Waals surface area (Å²) in [6.45, 7) is 5.56. The van der Waals surface area contributed by atoms with E-state index >= 15 is 0 Å². The van der Waals surface area contributed by atoms with Gasteiger partial charge in [0.25, 0.3) is 0 Å². The van der Waals surface area contributed by atoms with Crippen LogP contribution >= 0.6 is 0 Å². The maximum Gasteiger partial charge on any atom is 0.0190 e. The topological polar surface area (TPSA) is 38.0 Å². The van der Waals surface area contributed by atoms with Gasteiger partial charge in [0.05, 0.1) is 0 Å². The highest BCUT2D eigenvalue weighted by Crippen LogP contribution is 2.74. The second-order valence-electron chi connectivity index (χ2n) is 4.71. The molecule has 0 radical (unpaired) electrons. The van der Waals surface area contributed by atoms with Crippen molar-refractivity contribution in [2.45, 2.75) is 45.2 Å². The van der Waals surface area contributed by atoms with Crippen LogP contribution in [0.1, 0.15) is 33.1 Å². The molecule has 0 heterocycles. The molecule has 0 aliphatic heterocycles. The van der Waals surface area contributed by atoms with Gasteiger partial charge in [-0.3, -0.25) is 0 Å². The van der Waals surface area contributed by atoms with E-state index in [0.29, 0.717) is 12.1 Å². The summed E-state index contributed by atoms with van der Waals surface area (Å²) in [5.41, 5.74) is 6.68. The van der Waals surface area contributed by atoms with Gasteiger partial charge in [-0.2, -0.15) is 0 Å². The van der Waals surface area contributed by atoms with Crippen molar-refractivity contribution in [1.29, 1.82) is 0 Å². The molecule has 70 valence electrons. The molecule has 0 amide bonds. The van der Waals surface area contributed by atoms with Crippen LogP contribution in [-0.4, -0.2) is 18.6 Å². The van der Waals surface area contributed by atoms with Crippen LogP contribution in [0.4, 0.5) is 0 Å². The quantitative estimate of drug-likeness (QED) is 0.645. The van der Waals surface area contributed by atoms with Crippen LogP contribution in [0, 0.1) is 11.3 Å². The Bertz CT molecular complexity index is 173. The molecule has 3 N–H and O–H groups in total. The lowest BCUT2D eigenvalue weighted by atomic mass is 10.1. The lowest BCUT2D eigenvalue weighted by molar-refractivity contribution is 0.418. The molecule has 2 heteroatoms. The number of rotatable bonds is 5. The van der Waals surface area contributed by atoms with Gasteiger partial charge >= 0.3 is 0 Å². The molecule has 2 atom stereocenters. The molecule has 2 aliphatic rings. The van der Waals surface area contributed by atoms with Crippen LogP contribution in [0.3, 0.4) is 0 Å². The van der Waals surface area contributed by atoms with Crippen molar-refractivity contribution in [3.8, 4) is 0 Å². The normalized spacial score (nSPS) is 41.8. The fourth-order valence-electron chi connectivity index (χ4n) is 1.96. The van der Waals surface area contributed by atoms with Gasteiger partial charge in [-0.05, 0) is 37.5 Å². The van der Waals surface area contributed by atoms with Crippen molar-refractivity contribution in [2.75, 3.05) is 6.54 Å². The molecular formula is C10H20N2. The van der Waals surface area contributed by atoms with Crippen molar-refractivity contribution in [3.05, 3.63) is 0 Å². The van der Waals surface area contributed by atoms with Gasteiger partial charge in [-0.1, -0.05) is 6.92 Å². The highest BCUT2D eigenvalue weighted by atomic mass is 15.0. The van der Waals surface area contributed by atoms with Crippen LogP contribution in [0.5, 0.6) is 0 Å². The first-order valence-electron chi connectivity index (χ1n) is 5.17. The van der Waals surface area contributed by atoms with E-state index in [4.69, 9.17) is 5.73 Å². The Kier molecular flexibility index (Phi) is 1.92. The van der Waals surface area contributed by atoms with E-state index in [1.54, 1.807) is 0 Å². The van der Waals surface area contributed by atoms with E-state index < -0.39 is 0 Å². The van der Waals surface area contributed by atoms with E-state index in [1.165, 1.54) is 19.4 Å². The van der Waals surface area contributed by atoms with Crippen LogP contribution < -0.4 is 11.1 Å². The number of nitrogens with one attached hydrogen (secondary N) is 1. The fraction of sp³-hybridized carbons (Fsp3) is 1.00. The van der Waals surface area contributed by atoms with Crippen molar-refractivity contribution < 1.29 is 0 Å². The lowest BCUT2D eigenvalue weighted by Gasteiger charge is -2.20. The summed E-state index contributed by atoms with van der Waals surface area (Å²) >= 11 is 0. The predicted molar refractivity (Wildman–Crippen MR) is 50.9 cm³/mol. The van der Waals surface area contributed by atoms with Crippen molar-refractivity contribution >= 4 is 0 Å². The van der Waals surface area contributed by atoms with E-state index in [9.17, 15) is 0 Å². The molecule has 0 aromatic heterocycles. The average molecular weight is 168 g/mol. The van der Waals surface area contributed by atoms with E-state index in [1.807, 2.05) is 0 Å². The second kappa shape index (κ2) is 2.71. The zero-order valence-electron chi connectivity index (χ0n) is 8.14. The van der Waals surface area contributed by atoms with E-state index in [2.05, 4.69) is 19.2 Å². The van der Waals surface area contributed by atoms with Gasteiger partial charge in [-0.25, -0.2) is 0 Å². The van der Waals surface area contributed by atoms with E-state index in [0.717, 1.165) is 17.8 Å². The molecular weight excluding hydrogens is 148 g/mol. The summed E-state index contributed by atoms with van der Waals surface area (Å²) in [6, 6.07) is 0.823. The minimum atomic E-state index is 0.331. The smallest absolute Gasteiger partial charge is 0.0190 e. The molecule has 12 heavy (non-hydrogen) atoms.